The molecule has 2 aromatic carbocycles. The topological polar surface area (TPSA) is 108 Å². The summed E-state index contributed by atoms with van der Waals surface area (Å²) in [4.78, 5) is 39.3. The van der Waals surface area contributed by atoms with E-state index < -0.39 is 11.9 Å². The number of ether oxygens (including phenoxy) is 1. The molecule has 1 fully saturated rings. The Labute approximate surface area is 199 Å². The van der Waals surface area contributed by atoms with Gasteiger partial charge in [0.05, 0.1) is 7.11 Å². The Balaban J connectivity index is 1.52. The first kappa shape index (κ1) is 25.0. The number of piperidine rings is 1. The van der Waals surface area contributed by atoms with Gasteiger partial charge in [0.1, 0.15) is 11.8 Å². The smallest absolute Gasteiger partial charge is 0.253 e. The van der Waals surface area contributed by atoms with Gasteiger partial charge in [0, 0.05) is 37.0 Å². The van der Waals surface area contributed by atoms with E-state index >= 15 is 0 Å². The molecule has 1 aliphatic heterocycles. The van der Waals surface area contributed by atoms with Gasteiger partial charge in [-0.1, -0.05) is 18.2 Å². The molecule has 1 saturated heterocycles. The van der Waals surface area contributed by atoms with E-state index in [1.807, 2.05) is 12.1 Å². The van der Waals surface area contributed by atoms with Gasteiger partial charge in [0.15, 0.2) is 0 Å². The van der Waals surface area contributed by atoms with Crippen LogP contribution in [0, 0.1) is 5.92 Å². The fraction of sp³-hybridized carbons (Fsp3) is 0.346. The molecule has 2 aromatic rings. The third-order valence-electron chi connectivity index (χ3n) is 5.83. The number of rotatable bonds is 8. The van der Waals surface area contributed by atoms with E-state index in [0.29, 0.717) is 24.3 Å². The number of carbonyl (C=O) groups excluding carboxylic acids is 3. The van der Waals surface area contributed by atoms with Crippen molar-refractivity contribution < 1.29 is 24.2 Å². The number of amides is 3. The van der Waals surface area contributed by atoms with E-state index in [1.54, 1.807) is 61.4 Å². The van der Waals surface area contributed by atoms with Crippen molar-refractivity contribution in [3.8, 4) is 5.75 Å². The first-order valence-corrected chi connectivity index (χ1v) is 11.3. The normalized spacial score (nSPS) is 15.1. The van der Waals surface area contributed by atoms with Crippen molar-refractivity contribution in [1.82, 2.24) is 10.2 Å². The predicted octanol–water partition coefficient (Wildman–Crippen LogP) is 2.70. The highest BCUT2D eigenvalue weighted by Crippen LogP contribution is 2.20. The van der Waals surface area contributed by atoms with Crippen LogP contribution < -0.4 is 15.4 Å². The van der Waals surface area contributed by atoms with Crippen molar-refractivity contribution in [2.45, 2.75) is 25.8 Å². The van der Waals surface area contributed by atoms with E-state index in [-0.39, 0.29) is 24.3 Å². The average Bonchev–Trinajstić information content (AvgIpc) is 2.87. The van der Waals surface area contributed by atoms with E-state index in [9.17, 15) is 19.5 Å². The number of aliphatic hydroxyl groups excluding tert-OH is 1. The Hall–Kier alpha value is -3.65. The van der Waals surface area contributed by atoms with Crippen molar-refractivity contribution >= 4 is 29.5 Å². The number of likely N-dealkylation sites (tertiary alicyclic amines) is 1. The van der Waals surface area contributed by atoms with Gasteiger partial charge >= 0.3 is 0 Å². The molecule has 3 amide bonds. The van der Waals surface area contributed by atoms with E-state index in [2.05, 4.69) is 10.6 Å². The van der Waals surface area contributed by atoms with Crippen molar-refractivity contribution in [2.24, 2.45) is 5.92 Å². The molecule has 1 unspecified atom stereocenters. The van der Waals surface area contributed by atoms with E-state index in [0.717, 1.165) is 24.2 Å². The molecule has 1 heterocycles. The van der Waals surface area contributed by atoms with Crippen LogP contribution in [0.25, 0.3) is 6.08 Å². The number of nitrogens with zero attached hydrogens (tertiary/aromatic N) is 1. The van der Waals surface area contributed by atoms with Crippen LogP contribution in [-0.2, 0) is 9.59 Å². The lowest BCUT2D eigenvalue weighted by Crippen LogP contribution is -2.41. The SMILES string of the molecule is COc1ccc(/C=C/C(=O)NC(C)C(=O)Nc2cccc(C(=O)N3CCC(CO)CC3)c2)cc1. The lowest BCUT2D eigenvalue weighted by Gasteiger charge is -2.31. The van der Waals surface area contributed by atoms with Crippen LogP contribution in [0.2, 0.25) is 0 Å². The quantitative estimate of drug-likeness (QED) is 0.520. The second kappa shape index (κ2) is 12.0. The summed E-state index contributed by atoms with van der Waals surface area (Å²) in [6, 6.07) is 13.2. The molecule has 0 aromatic heterocycles. The largest absolute Gasteiger partial charge is 0.497 e. The number of hydrogen-bond acceptors (Lipinski definition) is 5. The number of nitrogens with one attached hydrogen (secondary N) is 2. The number of carbonyl (C=O) groups is 3. The molecule has 1 aliphatic rings. The highest BCUT2D eigenvalue weighted by atomic mass is 16.5. The standard InChI is InChI=1S/C26H31N3O5/c1-18(27-24(31)11-8-19-6-9-23(34-2)10-7-19)25(32)28-22-5-3-4-21(16-22)26(33)29-14-12-20(17-30)13-15-29/h3-11,16,18,20,30H,12-15,17H2,1-2H3,(H,27,31)(H,28,32)/b11-8+. The molecule has 0 saturated carbocycles. The van der Waals surface area contributed by atoms with Gasteiger partial charge in [-0.05, 0) is 67.7 Å². The summed E-state index contributed by atoms with van der Waals surface area (Å²) in [7, 11) is 1.58. The number of aliphatic hydroxyl groups is 1. The summed E-state index contributed by atoms with van der Waals surface area (Å²) < 4.78 is 5.10. The highest BCUT2D eigenvalue weighted by Gasteiger charge is 2.23. The molecule has 1 atom stereocenters. The summed E-state index contributed by atoms with van der Waals surface area (Å²) in [5.74, 6) is 0.0899. The third-order valence-corrected chi connectivity index (χ3v) is 5.83. The van der Waals surface area contributed by atoms with Gasteiger partial charge < -0.3 is 25.4 Å². The fourth-order valence-electron chi connectivity index (χ4n) is 3.70. The molecule has 34 heavy (non-hydrogen) atoms. The first-order valence-electron chi connectivity index (χ1n) is 11.3. The Morgan fingerprint density at radius 1 is 1.15 bits per heavy atom. The monoisotopic (exact) mass is 465 g/mol. The van der Waals surface area contributed by atoms with Crippen LogP contribution in [0.3, 0.4) is 0 Å². The van der Waals surface area contributed by atoms with Crippen LogP contribution >= 0.6 is 0 Å². The van der Waals surface area contributed by atoms with Gasteiger partial charge in [-0.25, -0.2) is 0 Å². The Morgan fingerprint density at radius 2 is 1.85 bits per heavy atom. The molecule has 8 heteroatoms. The minimum absolute atomic E-state index is 0.0995. The Kier molecular flexibility index (Phi) is 8.81. The molecular formula is C26H31N3O5. The second-order valence-electron chi connectivity index (χ2n) is 8.32. The van der Waals surface area contributed by atoms with Crippen LogP contribution in [0.4, 0.5) is 5.69 Å². The van der Waals surface area contributed by atoms with Crippen LogP contribution in [0.1, 0.15) is 35.7 Å². The minimum Gasteiger partial charge on any atom is -0.497 e. The third kappa shape index (κ3) is 6.92. The molecule has 0 aliphatic carbocycles. The van der Waals surface area contributed by atoms with Gasteiger partial charge in [-0.15, -0.1) is 0 Å². The van der Waals surface area contributed by atoms with Crippen LogP contribution in [0.5, 0.6) is 5.75 Å². The predicted molar refractivity (Wildman–Crippen MR) is 130 cm³/mol. The van der Waals surface area contributed by atoms with Gasteiger partial charge in [0.2, 0.25) is 11.8 Å². The van der Waals surface area contributed by atoms with Crippen molar-refractivity contribution in [2.75, 3.05) is 32.1 Å². The summed E-state index contributed by atoms with van der Waals surface area (Å²) in [6.07, 6.45) is 4.58. The van der Waals surface area contributed by atoms with E-state index in [1.165, 1.54) is 6.08 Å². The Bertz CT molecular complexity index is 1030. The molecular weight excluding hydrogens is 434 g/mol. The maximum absolute atomic E-state index is 12.8. The van der Waals surface area contributed by atoms with Gasteiger partial charge in [-0.3, -0.25) is 14.4 Å². The lowest BCUT2D eigenvalue weighted by atomic mass is 9.97. The first-order chi connectivity index (χ1) is 16.4. The van der Waals surface area contributed by atoms with E-state index in [4.69, 9.17) is 4.74 Å². The molecule has 0 radical (unpaired) electrons. The average molecular weight is 466 g/mol. The van der Waals surface area contributed by atoms with Gasteiger partial charge in [-0.2, -0.15) is 0 Å². The number of methoxy groups -OCH3 is 1. The summed E-state index contributed by atoms with van der Waals surface area (Å²) in [5, 5.41) is 14.7. The summed E-state index contributed by atoms with van der Waals surface area (Å²) >= 11 is 0. The molecule has 180 valence electrons. The van der Waals surface area contributed by atoms with Gasteiger partial charge in [0.25, 0.3) is 5.91 Å². The summed E-state index contributed by atoms with van der Waals surface area (Å²) in [6.45, 7) is 2.95. The number of benzene rings is 2. The van der Waals surface area contributed by atoms with Crippen molar-refractivity contribution in [3.05, 3.63) is 65.7 Å². The number of anilines is 1. The molecule has 8 nitrogen and oxygen atoms in total. The molecule has 3 rings (SSSR count). The Morgan fingerprint density at radius 3 is 2.50 bits per heavy atom. The van der Waals surface area contributed by atoms with Crippen LogP contribution in [-0.4, -0.2) is 60.6 Å². The molecule has 0 bridgehead atoms. The second-order valence-corrected chi connectivity index (χ2v) is 8.32. The highest BCUT2D eigenvalue weighted by molar-refractivity contribution is 6.01. The maximum Gasteiger partial charge on any atom is 0.253 e. The lowest BCUT2D eigenvalue weighted by molar-refractivity contribution is -0.123. The zero-order valence-electron chi connectivity index (χ0n) is 19.5. The minimum atomic E-state index is -0.773. The fourth-order valence-corrected chi connectivity index (χ4v) is 3.70. The zero-order valence-corrected chi connectivity index (χ0v) is 19.5. The molecule has 3 N–H and O–H groups in total. The maximum atomic E-state index is 12.8. The molecule has 0 spiro atoms. The number of hydrogen-bond donors (Lipinski definition) is 3. The van der Waals surface area contributed by atoms with Crippen molar-refractivity contribution in [3.63, 3.8) is 0 Å². The zero-order chi connectivity index (χ0) is 24.5. The van der Waals surface area contributed by atoms with Crippen molar-refractivity contribution in [1.29, 1.82) is 0 Å². The van der Waals surface area contributed by atoms with Crippen LogP contribution in [0.15, 0.2) is 54.6 Å². The summed E-state index contributed by atoms with van der Waals surface area (Å²) in [5.41, 5.74) is 1.80.